The number of carbonyl (C=O) groups is 3. The Morgan fingerprint density at radius 3 is 2.39 bits per heavy atom. The third-order valence-electron chi connectivity index (χ3n) is 10.9. The Morgan fingerprint density at radius 2 is 1.69 bits per heavy atom. The Hall–Kier alpha value is -2.65. The van der Waals surface area contributed by atoms with E-state index in [0.717, 1.165) is 44.9 Å². The number of aliphatic hydroxyl groups is 3. The molecule has 3 saturated heterocycles. The second kappa shape index (κ2) is 21.0. The van der Waals surface area contributed by atoms with Crippen LogP contribution in [0.15, 0.2) is 36.5 Å². The first-order chi connectivity index (χ1) is 25.8. The number of carbonyl (C=O) groups excluding carboxylic acids is 3. The van der Waals surface area contributed by atoms with Gasteiger partial charge in [0.15, 0.2) is 12.4 Å². The van der Waals surface area contributed by atoms with Crippen molar-refractivity contribution in [2.24, 2.45) is 5.41 Å². The van der Waals surface area contributed by atoms with Crippen LogP contribution in [0.4, 0.5) is 0 Å². The maximum absolute atomic E-state index is 13.4. The van der Waals surface area contributed by atoms with Crippen molar-refractivity contribution in [1.82, 2.24) is 0 Å². The van der Waals surface area contributed by atoms with E-state index in [0.29, 0.717) is 25.7 Å². The molecule has 10 atom stereocenters. The lowest BCUT2D eigenvalue weighted by atomic mass is 9.74. The zero-order valence-electron chi connectivity index (χ0n) is 32.7. The van der Waals surface area contributed by atoms with Gasteiger partial charge in [-0.25, -0.2) is 4.79 Å². The predicted molar refractivity (Wildman–Crippen MR) is 198 cm³/mol. The van der Waals surface area contributed by atoms with Gasteiger partial charge in [0, 0.05) is 43.6 Å². The fraction of sp³-hybridized carbons (Fsp3) is 0.780. The van der Waals surface area contributed by atoms with Gasteiger partial charge < -0.3 is 48.5 Å². The summed E-state index contributed by atoms with van der Waals surface area (Å²) in [5, 5.41) is 33.9. The van der Waals surface area contributed by atoms with Crippen LogP contribution in [0.2, 0.25) is 0 Å². The van der Waals surface area contributed by atoms with Crippen molar-refractivity contribution in [1.29, 1.82) is 0 Å². The van der Waals surface area contributed by atoms with E-state index in [2.05, 4.69) is 13.5 Å². The fourth-order valence-electron chi connectivity index (χ4n) is 7.89. The van der Waals surface area contributed by atoms with Gasteiger partial charge in [0.1, 0.15) is 6.10 Å². The van der Waals surface area contributed by atoms with Gasteiger partial charge in [-0.3, -0.25) is 9.59 Å². The largest absolute Gasteiger partial charge is 0.466 e. The highest BCUT2D eigenvalue weighted by Gasteiger charge is 2.57. The minimum atomic E-state index is -2.27. The van der Waals surface area contributed by atoms with E-state index >= 15 is 0 Å². The molecule has 1 unspecified atom stereocenters. The molecule has 54 heavy (non-hydrogen) atoms. The predicted octanol–water partition coefficient (Wildman–Crippen LogP) is 5.27. The Morgan fingerprint density at radius 1 is 0.963 bits per heavy atom. The minimum Gasteiger partial charge on any atom is -0.466 e. The second-order valence-corrected chi connectivity index (χ2v) is 15.8. The molecule has 4 aliphatic rings. The van der Waals surface area contributed by atoms with Crippen LogP contribution in [0.5, 0.6) is 0 Å². The molecule has 3 fully saturated rings. The van der Waals surface area contributed by atoms with E-state index in [1.54, 1.807) is 32.1 Å². The number of hydrogen-bond donors (Lipinski definition) is 3. The lowest BCUT2D eigenvalue weighted by molar-refractivity contribution is -0.327. The Labute approximate surface area is 320 Å². The van der Waals surface area contributed by atoms with E-state index in [9.17, 15) is 29.7 Å². The zero-order chi connectivity index (χ0) is 39.3. The van der Waals surface area contributed by atoms with E-state index in [1.807, 2.05) is 0 Å². The van der Waals surface area contributed by atoms with Gasteiger partial charge in [0.25, 0.3) is 0 Å². The summed E-state index contributed by atoms with van der Waals surface area (Å²) in [4.78, 5) is 39.1. The first-order valence-corrected chi connectivity index (χ1v) is 19.9. The third-order valence-corrected chi connectivity index (χ3v) is 10.9. The SMILES string of the molecule is C=CC[C@H]1CC2C[C@H]3CCC[C@@H](C[C@@H](O)CC(=O)O[C@@H](CO)C[C@@H]4C/C(=C\C(=O)OC)[C@H](OC(=O)CCCCCCC)[C@@](O)(O4)C(C)(C)/C=C/[C@H](O2)O1)O3. The summed E-state index contributed by atoms with van der Waals surface area (Å²) in [5.41, 5.74) is -1.08. The molecule has 0 aromatic rings. The normalized spacial score (nSPS) is 36.3. The molecule has 0 aromatic heterocycles. The molecule has 0 radical (unpaired) electrons. The first-order valence-electron chi connectivity index (χ1n) is 19.9. The monoisotopic (exact) mass is 764 g/mol. The highest BCUT2D eigenvalue weighted by atomic mass is 16.7. The summed E-state index contributed by atoms with van der Waals surface area (Å²) in [7, 11) is 1.22. The highest BCUT2D eigenvalue weighted by Crippen LogP contribution is 2.47. The molecule has 3 N–H and O–H groups in total. The van der Waals surface area contributed by atoms with E-state index in [4.69, 9.17) is 33.2 Å². The van der Waals surface area contributed by atoms with Crippen molar-refractivity contribution in [2.75, 3.05) is 13.7 Å². The van der Waals surface area contributed by atoms with Gasteiger partial charge >= 0.3 is 17.9 Å². The molecule has 0 aliphatic carbocycles. The molecule has 0 spiro atoms. The standard InChI is InChI=1S/C41H64O13/c1-6-8-9-10-11-16-35(44)53-39-27(20-36(45)48-5)19-33-25-34(26-42)50-37(46)22-28(43)21-30-14-12-15-31(49-30)24-32-23-29(13-7-2)51-38(52-32)17-18-40(3,4)41(39,47)54-33/h7,17-18,20,28-34,38-39,42-43,47H,2,6,8-16,19,21-26H2,1,3-5H3/b18-17+,27-20+/t28-,29+,30+,31-,32?,33+,34-,38+,39+,41-/m1/s1. The van der Waals surface area contributed by atoms with Gasteiger partial charge in [0.2, 0.25) is 5.79 Å². The molecule has 4 rings (SSSR count). The van der Waals surface area contributed by atoms with Crippen LogP contribution in [-0.2, 0) is 47.5 Å². The van der Waals surface area contributed by atoms with E-state index < -0.39 is 66.4 Å². The lowest BCUT2D eigenvalue weighted by Crippen LogP contribution is -2.62. The number of fused-ring (bicyclic) bond motifs is 6. The Bertz CT molecular complexity index is 1300. The molecule has 306 valence electrons. The molecular formula is C41H64O13. The Kier molecular flexibility index (Phi) is 17.2. The van der Waals surface area contributed by atoms with Crippen molar-refractivity contribution in [3.05, 3.63) is 36.5 Å². The number of unbranched alkanes of at least 4 members (excludes halogenated alkanes) is 4. The van der Waals surface area contributed by atoms with Crippen LogP contribution in [0.1, 0.15) is 124 Å². The molecule has 4 heterocycles. The molecule has 4 aliphatic heterocycles. The van der Waals surface area contributed by atoms with Gasteiger partial charge in [-0.1, -0.05) is 58.6 Å². The number of esters is 3. The van der Waals surface area contributed by atoms with Crippen LogP contribution in [-0.4, -0.2) is 108 Å². The first kappa shape index (κ1) is 44.1. The summed E-state index contributed by atoms with van der Waals surface area (Å²) in [5.74, 6) is -4.26. The maximum atomic E-state index is 13.4. The molecule has 0 amide bonds. The van der Waals surface area contributed by atoms with Crippen LogP contribution in [0, 0.1) is 5.41 Å². The van der Waals surface area contributed by atoms with Crippen LogP contribution < -0.4 is 0 Å². The molecule has 0 aromatic carbocycles. The smallest absolute Gasteiger partial charge is 0.330 e. The summed E-state index contributed by atoms with van der Waals surface area (Å²) in [6.45, 7) is 8.86. The topological polar surface area (TPSA) is 177 Å². The van der Waals surface area contributed by atoms with Crippen molar-refractivity contribution >= 4 is 17.9 Å². The fourth-order valence-corrected chi connectivity index (χ4v) is 7.89. The molecule has 0 saturated carbocycles. The average Bonchev–Trinajstić information content (AvgIpc) is 3.11. The summed E-state index contributed by atoms with van der Waals surface area (Å²) in [6.07, 6.45) is 9.26. The molecule has 6 bridgehead atoms. The zero-order valence-corrected chi connectivity index (χ0v) is 32.7. The quantitative estimate of drug-likeness (QED) is 0.0816. The van der Waals surface area contributed by atoms with Gasteiger partial charge in [-0.2, -0.15) is 0 Å². The van der Waals surface area contributed by atoms with Crippen LogP contribution in [0.3, 0.4) is 0 Å². The van der Waals surface area contributed by atoms with Gasteiger partial charge in [0.05, 0.1) is 56.8 Å². The lowest BCUT2D eigenvalue weighted by Gasteiger charge is -2.51. The molecule has 13 nitrogen and oxygen atoms in total. The molecular weight excluding hydrogens is 700 g/mol. The van der Waals surface area contributed by atoms with Crippen LogP contribution in [0.25, 0.3) is 0 Å². The maximum Gasteiger partial charge on any atom is 0.330 e. The number of rotatable bonds is 11. The van der Waals surface area contributed by atoms with E-state index in [-0.39, 0.29) is 62.1 Å². The van der Waals surface area contributed by atoms with Gasteiger partial charge in [-0.05, 0) is 50.2 Å². The number of cyclic esters (lactones) is 1. The average molecular weight is 765 g/mol. The highest BCUT2D eigenvalue weighted by molar-refractivity contribution is 5.83. The van der Waals surface area contributed by atoms with Crippen molar-refractivity contribution in [2.45, 2.75) is 184 Å². The number of methoxy groups -OCH3 is 1. The third kappa shape index (κ3) is 12.7. The van der Waals surface area contributed by atoms with E-state index in [1.165, 1.54) is 13.2 Å². The van der Waals surface area contributed by atoms with Crippen molar-refractivity contribution < 1.29 is 62.9 Å². The minimum absolute atomic E-state index is 0.0116. The number of hydrogen-bond acceptors (Lipinski definition) is 13. The summed E-state index contributed by atoms with van der Waals surface area (Å²) in [6, 6.07) is 0. The van der Waals surface area contributed by atoms with Crippen LogP contribution >= 0.6 is 0 Å². The van der Waals surface area contributed by atoms with Crippen molar-refractivity contribution in [3.8, 4) is 0 Å². The number of aliphatic hydroxyl groups excluding tert-OH is 2. The summed E-state index contributed by atoms with van der Waals surface area (Å²) < 4.78 is 42.2. The molecule has 13 heteroatoms. The van der Waals surface area contributed by atoms with Gasteiger partial charge in [-0.15, -0.1) is 6.58 Å². The Balaban J connectivity index is 1.72. The second-order valence-electron chi connectivity index (χ2n) is 15.8. The number of ether oxygens (including phenoxy) is 7. The summed E-state index contributed by atoms with van der Waals surface area (Å²) >= 11 is 0. The van der Waals surface area contributed by atoms with Crippen molar-refractivity contribution in [3.63, 3.8) is 0 Å².